The number of hydrogen-bond donors (Lipinski definition) is 1. The zero-order valence-electron chi connectivity index (χ0n) is 8.77. The molecule has 1 aromatic rings. The third-order valence-electron chi connectivity index (χ3n) is 2.54. The second-order valence-corrected chi connectivity index (χ2v) is 5.07. The van der Waals surface area contributed by atoms with E-state index in [0.717, 1.165) is 4.90 Å². The van der Waals surface area contributed by atoms with Crippen LogP contribution < -0.4 is 5.73 Å². The Kier molecular flexibility index (Phi) is 3.76. The SMILES string of the molecule is NCCN1C(=O)c2c(Cl)c(Cl)c(Cl)c(Cl)c2C1=O. The van der Waals surface area contributed by atoms with Gasteiger partial charge in [0, 0.05) is 13.1 Å². The number of nitrogens with two attached hydrogens (primary N) is 1. The molecular formula is C10H6Cl4N2O2. The lowest BCUT2D eigenvalue weighted by Gasteiger charge is -2.11. The highest BCUT2D eigenvalue weighted by Gasteiger charge is 2.40. The molecule has 2 N–H and O–H groups in total. The number of fused-ring (bicyclic) bond motifs is 1. The monoisotopic (exact) mass is 326 g/mol. The summed E-state index contributed by atoms with van der Waals surface area (Å²) in [7, 11) is 0. The molecule has 1 aliphatic heterocycles. The summed E-state index contributed by atoms with van der Waals surface area (Å²) in [6.07, 6.45) is 0. The van der Waals surface area contributed by atoms with Crippen LogP contribution in [0.3, 0.4) is 0 Å². The normalized spacial score (nSPS) is 14.4. The highest BCUT2D eigenvalue weighted by atomic mass is 35.5. The average molecular weight is 328 g/mol. The van der Waals surface area contributed by atoms with Gasteiger partial charge in [-0.15, -0.1) is 0 Å². The van der Waals surface area contributed by atoms with Crippen LogP contribution in [0.4, 0.5) is 0 Å². The van der Waals surface area contributed by atoms with Gasteiger partial charge in [0.2, 0.25) is 0 Å². The number of hydrogen-bond acceptors (Lipinski definition) is 3. The van der Waals surface area contributed by atoms with Gasteiger partial charge >= 0.3 is 0 Å². The van der Waals surface area contributed by atoms with Gasteiger partial charge < -0.3 is 5.73 Å². The maximum absolute atomic E-state index is 12.0. The molecule has 0 atom stereocenters. The van der Waals surface area contributed by atoms with E-state index in [9.17, 15) is 9.59 Å². The van der Waals surface area contributed by atoms with Crippen LogP contribution in [0.5, 0.6) is 0 Å². The summed E-state index contributed by atoms with van der Waals surface area (Å²) in [4.78, 5) is 25.0. The van der Waals surface area contributed by atoms with E-state index in [1.807, 2.05) is 0 Å². The van der Waals surface area contributed by atoms with Gasteiger partial charge in [-0.3, -0.25) is 14.5 Å². The van der Waals surface area contributed by atoms with Crippen LogP contribution in [0.25, 0.3) is 0 Å². The maximum Gasteiger partial charge on any atom is 0.263 e. The van der Waals surface area contributed by atoms with Crippen LogP contribution in [0, 0.1) is 0 Å². The van der Waals surface area contributed by atoms with Crippen LogP contribution in [0.2, 0.25) is 20.1 Å². The Labute approximate surface area is 123 Å². The highest BCUT2D eigenvalue weighted by molar-refractivity contribution is 6.55. The Morgan fingerprint density at radius 3 is 1.56 bits per heavy atom. The second-order valence-electron chi connectivity index (χ2n) is 3.56. The minimum atomic E-state index is -0.564. The first-order chi connectivity index (χ1) is 8.41. The first-order valence-electron chi connectivity index (χ1n) is 4.84. The molecule has 96 valence electrons. The van der Waals surface area contributed by atoms with Crippen LogP contribution in [-0.4, -0.2) is 29.8 Å². The number of halogens is 4. The first kappa shape index (κ1) is 13.9. The maximum atomic E-state index is 12.0. The molecule has 0 bridgehead atoms. The van der Waals surface area contributed by atoms with Gasteiger partial charge in [-0.25, -0.2) is 0 Å². The summed E-state index contributed by atoms with van der Waals surface area (Å²) in [6, 6.07) is 0. The number of rotatable bonds is 2. The Hall–Kier alpha value is -0.520. The Bertz CT molecular complexity index is 527. The van der Waals surface area contributed by atoms with Gasteiger partial charge in [0.25, 0.3) is 11.8 Å². The van der Waals surface area contributed by atoms with Gasteiger partial charge in [-0.1, -0.05) is 46.4 Å². The molecule has 2 amide bonds. The van der Waals surface area contributed by atoms with Crippen molar-refractivity contribution in [2.24, 2.45) is 5.73 Å². The van der Waals surface area contributed by atoms with Gasteiger partial charge in [-0.2, -0.15) is 0 Å². The fraction of sp³-hybridized carbons (Fsp3) is 0.200. The van der Waals surface area contributed by atoms with Crippen molar-refractivity contribution in [3.05, 3.63) is 31.2 Å². The zero-order chi connectivity index (χ0) is 13.6. The minimum absolute atomic E-state index is 0.0190. The quantitative estimate of drug-likeness (QED) is 0.516. The number of carbonyl (C=O) groups is 2. The molecule has 0 aromatic heterocycles. The number of benzene rings is 1. The van der Waals surface area contributed by atoms with Crippen LogP contribution in [0.1, 0.15) is 20.7 Å². The molecule has 0 aliphatic carbocycles. The predicted molar refractivity (Wildman–Crippen MR) is 70.9 cm³/mol. The van der Waals surface area contributed by atoms with Crippen LogP contribution in [-0.2, 0) is 0 Å². The van der Waals surface area contributed by atoms with E-state index in [0.29, 0.717) is 0 Å². The van der Waals surface area contributed by atoms with Gasteiger partial charge in [0.1, 0.15) is 0 Å². The first-order valence-corrected chi connectivity index (χ1v) is 6.35. The van der Waals surface area contributed by atoms with Gasteiger partial charge in [0.15, 0.2) is 0 Å². The Morgan fingerprint density at radius 2 is 1.22 bits per heavy atom. The van der Waals surface area contributed by atoms with E-state index in [1.165, 1.54) is 0 Å². The van der Waals surface area contributed by atoms with Gasteiger partial charge in [0.05, 0.1) is 31.2 Å². The van der Waals surface area contributed by atoms with E-state index in [1.54, 1.807) is 0 Å². The fourth-order valence-corrected chi connectivity index (χ4v) is 2.74. The van der Waals surface area contributed by atoms with E-state index in [4.69, 9.17) is 52.1 Å². The molecule has 0 radical (unpaired) electrons. The van der Waals surface area contributed by atoms with Crippen molar-refractivity contribution in [2.75, 3.05) is 13.1 Å². The molecule has 1 aromatic carbocycles. The van der Waals surface area contributed by atoms with Crippen molar-refractivity contribution in [1.29, 1.82) is 0 Å². The van der Waals surface area contributed by atoms with Crippen molar-refractivity contribution in [1.82, 2.24) is 4.90 Å². The highest BCUT2D eigenvalue weighted by Crippen LogP contribution is 2.44. The lowest BCUT2D eigenvalue weighted by atomic mass is 10.1. The molecule has 1 aliphatic rings. The molecule has 0 saturated carbocycles. The molecular weight excluding hydrogens is 322 g/mol. The van der Waals surface area contributed by atoms with Crippen molar-refractivity contribution < 1.29 is 9.59 Å². The number of imide groups is 1. The molecule has 18 heavy (non-hydrogen) atoms. The topological polar surface area (TPSA) is 63.4 Å². The summed E-state index contributed by atoms with van der Waals surface area (Å²) in [5.41, 5.74) is 5.30. The molecule has 0 unspecified atom stereocenters. The number of carbonyl (C=O) groups excluding carboxylic acids is 2. The molecule has 0 spiro atoms. The van der Waals surface area contributed by atoms with E-state index < -0.39 is 11.8 Å². The van der Waals surface area contributed by atoms with Crippen LogP contribution in [0.15, 0.2) is 0 Å². The molecule has 0 fully saturated rings. The lowest BCUT2D eigenvalue weighted by Crippen LogP contribution is -2.34. The standard InChI is InChI=1S/C10H6Cl4N2O2/c11-5-3-4(6(12)8(14)7(5)13)10(18)16(2-1-15)9(3)17/h1-2,15H2. The van der Waals surface area contributed by atoms with E-state index in [2.05, 4.69) is 0 Å². The second kappa shape index (κ2) is 4.87. The van der Waals surface area contributed by atoms with E-state index in [-0.39, 0.29) is 44.3 Å². The van der Waals surface area contributed by atoms with E-state index >= 15 is 0 Å². The Balaban J connectivity index is 2.72. The smallest absolute Gasteiger partial charge is 0.263 e. The summed E-state index contributed by atoms with van der Waals surface area (Å²) in [6.45, 7) is 0.219. The van der Waals surface area contributed by atoms with Crippen LogP contribution >= 0.6 is 46.4 Å². The average Bonchev–Trinajstić information content (AvgIpc) is 2.59. The number of amides is 2. The molecule has 8 heteroatoms. The molecule has 4 nitrogen and oxygen atoms in total. The van der Waals surface area contributed by atoms with Crippen molar-refractivity contribution in [3.8, 4) is 0 Å². The zero-order valence-corrected chi connectivity index (χ0v) is 11.8. The minimum Gasteiger partial charge on any atom is -0.329 e. The number of nitrogens with zero attached hydrogens (tertiary/aromatic N) is 1. The predicted octanol–water partition coefficient (Wildman–Crippen LogP) is 2.85. The van der Waals surface area contributed by atoms with Gasteiger partial charge in [-0.05, 0) is 0 Å². The third kappa shape index (κ3) is 1.80. The summed E-state index contributed by atoms with van der Waals surface area (Å²) < 4.78 is 0. The lowest BCUT2D eigenvalue weighted by molar-refractivity contribution is 0.0659. The third-order valence-corrected chi connectivity index (χ3v) is 4.34. The molecule has 1 heterocycles. The van der Waals surface area contributed by atoms with Crippen molar-refractivity contribution >= 4 is 58.2 Å². The summed E-state index contributed by atoms with van der Waals surface area (Å²) in [5, 5.41) is -0.228. The summed E-state index contributed by atoms with van der Waals surface area (Å²) in [5.74, 6) is -1.13. The molecule has 2 rings (SSSR count). The van der Waals surface area contributed by atoms with Crippen molar-refractivity contribution in [3.63, 3.8) is 0 Å². The largest absolute Gasteiger partial charge is 0.329 e. The molecule has 0 saturated heterocycles. The summed E-state index contributed by atoms with van der Waals surface area (Å²) >= 11 is 23.6. The fourth-order valence-electron chi connectivity index (χ4n) is 1.73. The Morgan fingerprint density at radius 1 is 0.833 bits per heavy atom. The van der Waals surface area contributed by atoms with Crippen molar-refractivity contribution in [2.45, 2.75) is 0 Å².